The van der Waals surface area contributed by atoms with E-state index in [1.807, 2.05) is 0 Å². The number of aromatic nitrogens is 5. The number of amides is 1. The van der Waals surface area contributed by atoms with Crippen molar-refractivity contribution in [1.29, 1.82) is 0 Å². The summed E-state index contributed by atoms with van der Waals surface area (Å²) in [5, 5.41) is 22.0. The summed E-state index contributed by atoms with van der Waals surface area (Å²) in [5.74, 6) is -15.6. The molecule has 0 unspecified atom stereocenters. The summed E-state index contributed by atoms with van der Waals surface area (Å²) < 4.78 is 109. The van der Waals surface area contributed by atoms with Crippen LogP contribution >= 0.6 is 11.8 Å². The minimum atomic E-state index is -6.69. The molecule has 1 amide bonds. The standard InChI is InChI=1S/C18H11F8N7O3S/c1-6-10(33(35)36)4-8(14(27)34)13(37-15-29-30-31-32(15)2)11(6)12-9(19)3-7(5-28-12)16(20,21)17(22,23)18(24,25)26/h3-5H,1-2H3,(H2,27,34). The predicted molar refractivity (Wildman–Crippen MR) is 107 cm³/mol. The second-order valence-electron chi connectivity index (χ2n) is 7.28. The maximum absolute atomic E-state index is 15.1. The lowest BCUT2D eigenvalue weighted by Crippen LogP contribution is -2.50. The maximum Gasteiger partial charge on any atom is 0.460 e. The molecule has 37 heavy (non-hydrogen) atoms. The smallest absolute Gasteiger partial charge is 0.366 e. The molecule has 0 aliphatic heterocycles. The van der Waals surface area contributed by atoms with Gasteiger partial charge in [0.2, 0.25) is 11.1 Å². The molecule has 1 aromatic carbocycles. The lowest BCUT2D eigenvalue weighted by atomic mass is 9.97. The number of carbonyl (C=O) groups excluding carboxylic acids is 1. The number of hydrogen-bond acceptors (Lipinski definition) is 8. The van der Waals surface area contributed by atoms with Crippen LogP contribution in [-0.4, -0.2) is 48.1 Å². The first-order valence-corrected chi connectivity index (χ1v) is 10.2. The Hall–Kier alpha value is -3.90. The fourth-order valence-corrected chi connectivity index (χ4v) is 4.11. The maximum atomic E-state index is 15.1. The van der Waals surface area contributed by atoms with Crippen LogP contribution in [0.2, 0.25) is 0 Å². The molecule has 0 atom stereocenters. The molecule has 0 radical (unpaired) electrons. The number of nitro groups is 1. The van der Waals surface area contributed by atoms with Gasteiger partial charge in [-0.1, -0.05) is 0 Å². The second kappa shape index (κ2) is 9.20. The van der Waals surface area contributed by atoms with Crippen molar-refractivity contribution in [3.8, 4) is 11.3 Å². The highest BCUT2D eigenvalue weighted by atomic mass is 32.2. The zero-order valence-electron chi connectivity index (χ0n) is 18.1. The number of nitrogens with two attached hydrogens (primary N) is 1. The van der Waals surface area contributed by atoms with Crippen molar-refractivity contribution >= 4 is 23.4 Å². The van der Waals surface area contributed by atoms with Crippen LogP contribution in [0.1, 0.15) is 21.5 Å². The fraction of sp³-hybridized carbons (Fsp3) is 0.278. The Morgan fingerprint density at radius 2 is 1.78 bits per heavy atom. The van der Waals surface area contributed by atoms with Crippen LogP contribution in [0, 0.1) is 22.9 Å². The van der Waals surface area contributed by atoms with E-state index in [2.05, 4.69) is 20.5 Å². The van der Waals surface area contributed by atoms with Gasteiger partial charge in [0, 0.05) is 40.9 Å². The van der Waals surface area contributed by atoms with Gasteiger partial charge in [-0.05, 0) is 35.2 Å². The fourth-order valence-electron chi connectivity index (χ4n) is 3.06. The third-order valence-electron chi connectivity index (χ3n) is 4.94. The molecule has 0 spiro atoms. The Kier molecular flexibility index (Phi) is 6.88. The number of rotatable bonds is 7. The quantitative estimate of drug-likeness (QED) is 0.259. The van der Waals surface area contributed by atoms with Crippen LogP contribution in [0.4, 0.5) is 40.8 Å². The van der Waals surface area contributed by atoms with Gasteiger partial charge < -0.3 is 5.73 Å². The Morgan fingerprint density at radius 3 is 2.24 bits per heavy atom. The predicted octanol–water partition coefficient (Wildman–Crippen LogP) is 4.17. The molecule has 2 N–H and O–H groups in total. The molecule has 0 fully saturated rings. The Labute approximate surface area is 204 Å². The van der Waals surface area contributed by atoms with Crippen molar-refractivity contribution in [2.24, 2.45) is 12.8 Å². The van der Waals surface area contributed by atoms with E-state index in [9.17, 15) is 45.6 Å². The summed E-state index contributed by atoms with van der Waals surface area (Å²) in [6, 6.07) is 0.431. The van der Waals surface area contributed by atoms with Crippen molar-refractivity contribution in [3.63, 3.8) is 0 Å². The normalized spacial score (nSPS) is 12.6. The Bertz CT molecular complexity index is 1410. The molecule has 0 aliphatic rings. The van der Waals surface area contributed by atoms with E-state index in [1.54, 1.807) is 0 Å². The highest BCUT2D eigenvalue weighted by molar-refractivity contribution is 7.99. The van der Waals surface area contributed by atoms with Gasteiger partial charge in [0.1, 0.15) is 11.5 Å². The second-order valence-corrected chi connectivity index (χ2v) is 8.26. The highest BCUT2D eigenvalue weighted by Crippen LogP contribution is 2.52. The van der Waals surface area contributed by atoms with Crippen LogP contribution in [0.3, 0.4) is 0 Å². The van der Waals surface area contributed by atoms with Crippen molar-refractivity contribution in [2.75, 3.05) is 0 Å². The van der Waals surface area contributed by atoms with Gasteiger partial charge in [0.25, 0.3) is 5.69 Å². The topological polar surface area (TPSA) is 143 Å². The van der Waals surface area contributed by atoms with Gasteiger partial charge in [-0.2, -0.15) is 30.7 Å². The van der Waals surface area contributed by atoms with Crippen molar-refractivity contribution in [2.45, 2.75) is 35.0 Å². The molecule has 0 saturated heterocycles. The van der Waals surface area contributed by atoms with E-state index in [0.29, 0.717) is 11.8 Å². The summed E-state index contributed by atoms with van der Waals surface area (Å²) in [7, 11) is 1.35. The van der Waals surface area contributed by atoms with Gasteiger partial charge >= 0.3 is 18.0 Å². The van der Waals surface area contributed by atoms with E-state index in [-0.39, 0.29) is 27.9 Å². The van der Waals surface area contributed by atoms with Crippen LogP contribution in [0.5, 0.6) is 0 Å². The monoisotopic (exact) mass is 557 g/mol. The van der Waals surface area contributed by atoms with Gasteiger partial charge in [-0.25, -0.2) is 9.07 Å². The molecule has 2 heterocycles. The van der Waals surface area contributed by atoms with Crippen molar-refractivity contribution < 1.29 is 44.8 Å². The number of carbonyl (C=O) groups is 1. The summed E-state index contributed by atoms with van der Waals surface area (Å²) in [6.45, 7) is 1.07. The number of nitro benzene ring substituents is 1. The average Bonchev–Trinajstić information content (AvgIpc) is 3.17. The first-order chi connectivity index (χ1) is 16.9. The van der Waals surface area contributed by atoms with Gasteiger partial charge in [0.05, 0.1) is 10.5 Å². The molecule has 3 rings (SSSR count). The van der Waals surface area contributed by atoms with E-state index in [0.717, 1.165) is 17.7 Å². The first-order valence-electron chi connectivity index (χ1n) is 9.42. The number of pyridine rings is 1. The first kappa shape index (κ1) is 27.7. The molecule has 2 aromatic heterocycles. The van der Waals surface area contributed by atoms with E-state index in [1.165, 1.54) is 7.05 Å². The van der Waals surface area contributed by atoms with Crippen LogP contribution in [0.25, 0.3) is 11.3 Å². The number of aryl methyl sites for hydroxylation is 1. The minimum absolute atomic E-state index is 0.0645. The third-order valence-corrected chi connectivity index (χ3v) is 6.10. The Balaban J connectivity index is 2.33. The number of primary amides is 1. The molecular weight excluding hydrogens is 546 g/mol. The number of benzene rings is 1. The molecule has 198 valence electrons. The summed E-state index contributed by atoms with van der Waals surface area (Å²) in [4.78, 5) is 25.6. The lowest BCUT2D eigenvalue weighted by molar-refractivity contribution is -0.385. The Morgan fingerprint density at radius 1 is 1.16 bits per heavy atom. The van der Waals surface area contributed by atoms with Crippen LogP contribution in [0.15, 0.2) is 28.4 Å². The van der Waals surface area contributed by atoms with Crippen molar-refractivity contribution in [3.05, 3.63) is 51.0 Å². The highest BCUT2D eigenvalue weighted by Gasteiger charge is 2.73. The number of halogens is 8. The number of tetrazole rings is 1. The van der Waals surface area contributed by atoms with Gasteiger partial charge in [0.15, 0.2) is 0 Å². The molecule has 19 heteroatoms. The minimum Gasteiger partial charge on any atom is -0.366 e. The third kappa shape index (κ3) is 4.65. The van der Waals surface area contributed by atoms with Gasteiger partial charge in [-0.3, -0.25) is 19.9 Å². The van der Waals surface area contributed by atoms with E-state index >= 15 is 4.39 Å². The molecule has 10 nitrogen and oxygen atoms in total. The molecule has 3 aromatic rings. The summed E-state index contributed by atoms with van der Waals surface area (Å²) in [6.07, 6.45) is -6.83. The summed E-state index contributed by atoms with van der Waals surface area (Å²) in [5.41, 5.74) is -0.0928. The van der Waals surface area contributed by atoms with E-state index in [4.69, 9.17) is 5.73 Å². The van der Waals surface area contributed by atoms with Crippen LogP contribution < -0.4 is 5.73 Å². The zero-order chi connectivity index (χ0) is 28.1. The van der Waals surface area contributed by atoms with E-state index < -0.39 is 62.7 Å². The van der Waals surface area contributed by atoms with Crippen molar-refractivity contribution in [1.82, 2.24) is 25.2 Å². The molecular formula is C18H11F8N7O3S. The molecule has 0 bridgehead atoms. The average molecular weight is 557 g/mol. The number of hydrogen-bond donors (Lipinski definition) is 1. The molecule has 0 aliphatic carbocycles. The summed E-state index contributed by atoms with van der Waals surface area (Å²) >= 11 is 0.538. The number of alkyl halides is 7. The largest absolute Gasteiger partial charge is 0.460 e. The zero-order valence-corrected chi connectivity index (χ0v) is 19.0. The lowest BCUT2D eigenvalue weighted by Gasteiger charge is -2.28. The SMILES string of the molecule is Cc1c([N+](=O)[O-])cc(C(N)=O)c(Sc2nnnn2C)c1-c1ncc(C(F)(F)C(F)(F)C(F)(F)F)cc1F. The molecule has 0 saturated carbocycles. The van der Waals surface area contributed by atoms with Gasteiger partial charge in [-0.15, -0.1) is 5.10 Å². The number of nitrogens with zero attached hydrogens (tertiary/aromatic N) is 6. The van der Waals surface area contributed by atoms with Crippen LogP contribution in [-0.2, 0) is 13.0 Å².